The minimum absolute atomic E-state index is 0.00457. The number of carbonyl (C=O) groups is 2. The summed E-state index contributed by atoms with van der Waals surface area (Å²) in [5, 5.41) is 19.2. The van der Waals surface area contributed by atoms with Gasteiger partial charge in [-0.1, -0.05) is 24.9 Å². The molecule has 3 aromatic carbocycles. The second kappa shape index (κ2) is 9.11. The van der Waals surface area contributed by atoms with Crippen molar-refractivity contribution in [1.82, 2.24) is 14.5 Å². The number of rotatable bonds is 6. The van der Waals surface area contributed by atoms with E-state index < -0.39 is 23.5 Å². The van der Waals surface area contributed by atoms with Gasteiger partial charge in [0.2, 0.25) is 5.60 Å². The molecule has 10 heteroatoms. The number of carbonyl (C=O) groups excluding carboxylic acids is 2. The van der Waals surface area contributed by atoms with E-state index in [1.807, 2.05) is 16.3 Å². The number of fused-ring (bicyclic) bond motifs is 13. The summed E-state index contributed by atoms with van der Waals surface area (Å²) in [6, 6.07) is 12.7. The molecule has 5 heterocycles. The van der Waals surface area contributed by atoms with Crippen LogP contribution in [0.5, 0.6) is 0 Å². The van der Waals surface area contributed by atoms with E-state index in [1.165, 1.54) is 12.7 Å². The fraction of sp³-hybridized carbons (Fsp3) is 0.364. The molecular formula is C33H33N3O5S2. The van der Waals surface area contributed by atoms with E-state index in [0.29, 0.717) is 12.1 Å². The number of aliphatic hydroxyl groups is 1. The molecule has 4 atom stereocenters. The lowest BCUT2D eigenvalue weighted by molar-refractivity contribution is -0.202. The third-order valence-corrected chi connectivity index (χ3v) is 11.3. The van der Waals surface area contributed by atoms with Gasteiger partial charge in [0.15, 0.2) is 5.72 Å². The molecule has 43 heavy (non-hydrogen) atoms. The average Bonchev–Trinajstić information content (AvgIpc) is 3.67. The quantitative estimate of drug-likeness (QED) is 0.187. The van der Waals surface area contributed by atoms with Gasteiger partial charge in [0.25, 0.3) is 5.91 Å². The molecular weight excluding hydrogens is 583 g/mol. The normalized spacial score (nSPS) is 24.8. The molecule has 0 aliphatic carbocycles. The zero-order valence-electron chi connectivity index (χ0n) is 24.6. The molecule has 1 fully saturated rings. The summed E-state index contributed by atoms with van der Waals surface area (Å²) >= 11 is 1.85. The number of nitrogens with zero attached hydrogens (tertiary/aromatic N) is 2. The summed E-state index contributed by atoms with van der Waals surface area (Å²) in [7, 11) is 1.24. The lowest BCUT2D eigenvalue weighted by Gasteiger charge is -2.37. The number of ether oxygens (including phenoxy) is 2. The van der Waals surface area contributed by atoms with Gasteiger partial charge < -0.3 is 29.0 Å². The Morgan fingerprint density at radius 2 is 1.91 bits per heavy atom. The zero-order valence-corrected chi connectivity index (χ0v) is 26.2. The number of thioether (sulfide) groups is 1. The van der Waals surface area contributed by atoms with Gasteiger partial charge in [0, 0.05) is 46.0 Å². The number of hydrogen-bond acceptors (Lipinski definition) is 6. The van der Waals surface area contributed by atoms with Gasteiger partial charge in [-0.3, -0.25) is 4.79 Å². The molecule has 2 aromatic heterocycles. The summed E-state index contributed by atoms with van der Waals surface area (Å²) in [4.78, 5) is 27.1. The van der Waals surface area contributed by atoms with Crippen molar-refractivity contribution < 1.29 is 24.2 Å². The topological polar surface area (TPSA) is 94.7 Å². The summed E-state index contributed by atoms with van der Waals surface area (Å²) < 4.78 is 16.2. The third kappa shape index (κ3) is 3.35. The Morgan fingerprint density at radius 3 is 2.65 bits per heavy atom. The van der Waals surface area contributed by atoms with Crippen molar-refractivity contribution in [2.24, 2.45) is 0 Å². The molecule has 1 saturated heterocycles. The number of hydrogen-bond donors (Lipinski definition) is 2. The third-order valence-electron chi connectivity index (χ3n) is 9.56. The fourth-order valence-corrected chi connectivity index (χ4v) is 9.14. The minimum atomic E-state index is -1.96. The van der Waals surface area contributed by atoms with Crippen LogP contribution in [-0.4, -0.2) is 56.7 Å². The van der Waals surface area contributed by atoms with E-state index in [2.05, 4.69) is 65.3 Å². The Bertz CT molecular complexity index is 2110. The number of aromatic nitrogens is 2. The highest BCUT2D eigenvalue weighted by Gasteiger charge is 2.65. The fourth-order valence-electron chi connectivity index (χ4n) is 7.77. The highest BCUT2D eigenvalue weighted by Crippen LogP contribution is 2.58. The van der Waals surface area contributed by atoms with Crippen molar-refractivity contribution >= 4 is 83.6 Å². The highest BCUT2D eigenvalue weighted by atomic mass is 32.2. The van der Waals surface area contributed by atoms with Crippen molar-refractivity contribution in [2.75, 3.05) is 19.1 Å². The Balaban J connectivity index is 1.62. The van der Waals surface area contributed by atoms with Crippen molar-refractivity contribution in [3.05, 3.63) is 58.7 Å². The smallest absolute Gasteiger partial charge is 0.343 e. The van der Waals surface area contributed by atoms with Crippen LogP contribution < -0.4 is 5.32 Å². The Kier molecular flexibility index (Phi) is 5.77. The summed E-state index contributed by atoms with van der Waals surface area (Å²) in [5.74, 6) is 6.11. The number of nitrogens with one attached hydrogen (secondary N) is 1. The Hall–Kier alpha value is -3.31. The van der Waals surface area contributed by atoms with E-state index in [9.17, 15) is 14.7 Å². The molecule has 0 spiro atoms. The van der Waals surface area contributed by atoms with Crippen LogP contribution in [0.25, 0.3) is 43.6 Å². The lowest BCUT2D eigenvalue weighted by atomic mass is 9.88. The van der Waals surface area contributed by atoms with Crippen molar-refractivity contribution in [3.63, 3.8) is 0 Å². The van der Waals surface area contributed by atoms with Crippen LogP contribution in [-0.2, 0) is 38.0 Å². The van der Waals surface area contributed by atoms with Crippen LogP contribution >= 0.6 is 22.2 Å². The van der Waals surface area contributed by atoms with Gasteiger partial charge >= 0.3 is 5.97 Å². The monoisotopic (exact) mass is 615 g/mol. The van der Waals surface area contributed by atoms with Crippen LogP contribution in [0.15, 0.2) is 36.4 Å². The van der Waals surface area contributed by atoms with Crippen molar-refractivity contribution in [2.45, 2.75) is 55.9 Å². The van der Waals surface area contributed by atoms with E-state index >= 15 is 0 Å². The van der Waals surface area contributed by atoms with Crippen molar-refractivity contribution in [3.8, 4) is 0 Å². The summed E-state index contributed by atoms with van der Waals surface area (Å²) in [5.41, 5.74) is 4.02. The number of esters is 1. The van der Waals surface area contributed by atoms with Crippen LogP contribution in [0.2, 0.25) is 0 Å². The van der Waals surface area contributed by atoms with E-state index in [4.69, 9.17) is 9.47 Å². The molecule has 1 amide bonds. The van der Waals surface area contributed by atoms with E-state index in [1.54, 1.807) is 6.92 Å². The van der Waals surface area contributed by atoms with E-state index in [-0.39, 0.29) is 22.8 Å². The standard InChI is InChI=1S/C33H33N3O5S2/c1-6-42-15-17-7-9-22-19(11-17)26-27-21(14-34-30(27)37)25-20-12-18(16-43(4)5)8-10-23(20)36-29(25)28(26)35(22)24-13-33(39,31(38)40-3)32(36,2)41-24/h7-12,24,39H,4,6,13-16H2,1-3,5H3,(H,34,37)/t24?,32-,33-,43?/m0/s1. The first-order valence-corrected chi connectivity index (χ1v) is 17.6. The van der Waals surface area contributed by atoms with Gasteiger partial charge in [-0.2, -0.15) is 22.2 Å². The Labute approximate surface area is 255 Å². The summed E-state index contributed by atoms with van der Waals surface area (Å²) in [6.45, 7) is 4.33. The van der Waals surface area contributed by atoms with Crippen molar-refractivity contribution in [1.29, 1.82) is 0 Å². The van der Waals surface area contributed by atoms with Crippen LogP contribution in [0, 0.1) is 0 Å². The van der Waals surface area contributed by atoms with Crippen LogP contribution in [0.3, 0.4) is 0 Å². The second-order valence-corrected chi connectivity index (χ2v) is 15.2. The van der Waals surface area contributed by atoms with Gasteiger partial charge in [0.05, 0.1) is 34.7 Å². The number of benzene rings is 3. The maximum atomic E-state index is 13.7. The molecule has 222 valence electrons. The molecule has 2 unspecified atom stereocenters. The Morgan fingerprint density at radius 1 is 1.19 bits per heavy atom. The van der Waals surface area contributed by atoms with Gasteiger partial charge in [-0.15, -0.1) is 0 Å². The molecule has 2 bridgehead atoms. The van der Waals surface area contributed by atoms with Gasteiger partial charge in [-0.05, 0) is 59.9 Å². The predicted octanol–water partition coefficient (Wildman–Crippen LogP) is 5.74. The minimum Gasteiger partial charge on any atom is -0.467 e. The van der Waals surface area contributed by atoms with Crippen LogP contribution in [0.1, 0.15) is 53.5 Å². The predicted molar refractivity (Wildman–Crippen MR) is 175 cm³/mol. The largest absolute Gasteiger partial charge is 0.467 e. The molecule has 8 rings (SSSR count). The maximum absolute atomic E-state index is 13.7. The van der Waals surface area contributed by atoms with Gasteiger partial charge in [-0.25, -0.2) is 4.79 Å². The lowest BCUT2D eigenvalue weighted by Crippen LogP contribution is -2.56. The SMILES string of the molecule is C=S(C)Cc1ccc2c(c1)c1c3c(c4c5cc(CSCC)ccc5n5c4c1n2[C@@]1(C)OC5C[C@]1(O)C(=O)OC)C(=O)NC3. The number of methoxy groups -OCH3 is 1. The number of amides is 1. The zero-order chi connectivity index (χ0) is 30.0. The first kappa shape index (κ1) is 27.3. The molecule has 8 nitrogen and oxygen atoms in total. The summed E-state index contributed by atoms with van der Waals surface area (Å²) in [6.07, 6.45) is 1.45. The van der Waals surface area contributed by atoms with E-state index in [0.717, 1.165) is 72.0 Å². The molecule has 3 aliphatic heterocycles. The molecule has 5 aromatic rings. The van der Waals surface area contributed by atoms with Crippen LogP contribution in [0.4, 0.5) is 0 Å². The van der Waals surface area contributed by atoms with Gasteiger partial charge in [0.1, 0.15) is 6.23 Å². The second-order valence-electron chi connectivity index (χ2n) is 12.1. The molecule has 3 aliphatic rings. The highest BCUT2D eigenvalue weighted by molar-refractivity contribution is 8.12. The molecule has 0 radical (unpaired) electrons. The first-order valence-electron chi connectivity index (χ1n) is 14.5. The maximum Gasteiger partial charge on any atom is 0.343 e. The molecule has 0 saturated carbocycles. The first-order chi connectivity index (χ1) is 20.6. The molecule has 2 N–H and O–H groups in total. The average molecular weight is 616 g/mol.